The number of nitrogens with zero attached hydrogens (tertiary/aromatic N) is 3. The summed E-state index contributed by atoms with van der Waals surface area (Å²) in [6, 6.07) is 2.76. The van der Waals surface area contributed by atoms with Crippen molar-refractivity contribution in [1.82, 2.24) is 20.0 Å². The predicted molar refractivity (Wildman–Crippen MR) is 77.0 cm³/mol. The fourth-order valence-electron chi connectivity index (χ4n) is 3.64. The van der Waals surface area contributed by atoms with Crippen LogP contribution in [-0.4, -0.2) is 40.9 Å². The second-order valence-electron chi connectivity index (χ2n) is 6.13. The van der Waals surface area contributed by atoms with Gasteiger partial charge < -0.3 is 5.32 Å². The minimum atomic E-state index is 0.566. The van der Waals surface area contributed by atoms with Crippen LogP contribution in [0.2, 0.25) is 0 Å². The Bertz CT molecular complexity index is 398. The van der Waals surface area contributed by atoms with Crippen molar-refractivity contribution in [3.63, 3.8) is 0 Å². The van der Waals surface area contributed by atoms with Crippen molar-refractivity contribution in [3.05, 3.63) is 18.0 Å². The molecule has 2 aliphatic heterocycles. The number of nitrogens with one attached hydrogen (secondary N) is 1. The maximum Gasteiger partial charge on any atom is 0.0764 e. The van der Waals surface area contributed by atoms with Crippen molar-refractivity contribution < 1.29 is 0 Å². The van der Waals surface area contributed by atoms with Crippen LogP contribution in [0, 0.1) is 11.8 Å². The van der Waals surface area contributed by atoms with E-state index in [1.807, 2.05) is 0 Å². The van der Waals surface area contributed by atoms with E-state index in [4.69, 9.17) is 5.10 Å². The Morgan fingerprint density at radius 1 is 1.26 bits per heavy atom. The molecule has 0 amide bonds. The van der Waals surface area contributed by atoms with Gasteiger partial charge in [-0.05, 0) is 43.8 Å². The first-order valence-electron chi connectivity index (χ1n) is 7.77. The summed E-state index contributed by atoms with van der Waals surface area (Å²) >= 11 is 0. The van der Waals surface area contributed by atoms with Crippen LogP contribution in [0.25, 0.3) is 0 Å². The van der Waals surface area contributed by atoms with E-state index >= 15 is 0 Å². The SMILES string of the molecule is CCC(CC)n1ccc(CN2CC3CNCC3C2)n1. The Morgan fingerprint density at radius 3 is 2.58 bits per heavy atom. The Balaban J connectivity index is 1.58. The van der Waals surface area contributed by atoms with Crippen LogP contribution < -0.4 is 5.32 Å². The first-order chi connectivity index (χ1) is 9.30. The number of hydrogen-bond donors (Lipinski definition) is 1. The molecule has 2 unspecified atom stereocenters. The fraction of sp³-hybridized carbons (Fsp3) is 0.800. The molecule has 19 heavy (non-hydrogen) atoms. The zero-order valence-electron chi connectivity index (χ0n) is 12.2. The average Bonchev–Trinajstić information content (AvgIpc) is 3.07. The average molecular weight is 262 g/mol. The Kier molecular flexibility index (Phi) is 3.89. The molecule has 1 aromatic heterocycles. The fourth-order valence-corrected chi connectivity index (χ4v) is 3.64. The highest BCUT2D eigenvalue weighted by molar-refractivity contribution is 5.02. The van der Waals surface area contributed by atoms with Gasteiger partial charge in [0.2, 0.25) is 0 Å². The molecule has 1 N–H and O–H groups in total. The Labute approximate surface area is 116 Å². The lowest BCUT2D eigenvalue weighted by Gasteiger charge is -2.16. The smallest absolute Gasteiger partial charge is 0.0764 e. The van der Waals surface area contributed by atoms with Gasteiger partial charge in [0.15, 0.2) is 0 Å². The van der Waals surface area contributed by atoms with Gasteiger partial charge in [0.05, 0.1) is 11.7 Å². The van der Waals surface area contributed by atoms with Crippen LogP contribution in [0.3, 0.4) is 0 Å². The topological polar surface area (TPSA) is 33.1 Å². The summed E-state index contributed by atoms with van der Waals surface area (Å²) in [7, 11) is 0. The first kappa shape index (κ1) is 13.1. The van der Waals surface area contributed by atoms with Crippen LogP contribution in [0.5, 0.6) is 0 Å². The third kappa shape index (κ3) is 2.70. The van der Waals surface area contributed by atoms with Crippen molar-refractivity contribution in [3.8, 4) is 0 Å². The third-order valence-electron chi connectivity index (χ3n) is 4.83. The van der Waals surface area contributed by atoms with Crippen LogP contribution in [0.15, 0.2) is 12.3 Å². The van der Waals surface area contributed by atoms with Gasteiger partial charge in [-0.1, -0.05) is 13.8 Å². The summed E-state index contributed by atoms with van der Waals surface area (Å²) in [6.07, 6.45) is 4.49. The summed E-state index contributed by atoms with van der Waals surface area (Å²) in [4.78, 5) is 2.58. The van der Waals surface area contributed by atoms with Crippen molar-refractivity contribution in [1.29, 1.82) is 0 Å². The van der Waals surface area contributed by atoms with E-state index in [-0.39, 0.29) is 0 Å². The van der Waals surface area contributed by atoms with Gasteiger partial charge >= 0.3 is 0 Å². The molecule has 2 fully saturated rings. The van der Waals surface area contributed by atoms with E-state index < -0.39 is 0 Å². The molecule has 4 nitrogen and oxygen atoms in total. The second-order valence-corrected chi connectivity index (χ2v) is 6.13. The highest BCUT2D eigenvalue weighted by atomic mass is 15.3. The molecule has 0 spiro atoms. The number of aromatic nitrogens is 2. The molecule has 0 aliphatic carbocycles. The van der Waals surface area contributed by atoms with E-state index in [1.54, 1.807) is 0 Å². The number of fused-ring (bicyclic) bond motifs is 1. The van der Waals surface area contributed by atoms with E-state index in [1.165, 1.54) is 31.9 Å². The van der Waals surface area contributed by atoms with Crippen LogP contribution in [0.1, 0.15) is 38.4 Å². The van der Waals surface area contributed by atoms with E-state index in [0.717, 1.165) is 31.2 Å². The highest BCUT2D eigenvalue weighted by Gasteiger charge is 2.35. The van der Waals surface area contributed by atoms with Gasteiger partial charge in [0.1, 0.15) is 0 Å². The maximum absolute atomic E-state index is 4.77. The summed E-state index contributed by atoms with van der Waals surface area (Å²) in [6.45, 7) is 10.4. The van der Waals surface area contributed by atoms with Gasteiger partial charge in [0.25, 0.3) is 0 Å². The molecule has 0 bridgehead atoms. The molecule has 0 saturated carbocycles. The van der Waals surface area contributed by atoms with E-state index in [2.05, 4.69) is 41.0 Å². The van der Waals surface area contributed by atoms with Crippen LogP contribution >= 0.6 is 0 Å². The molecular weight excluding hydrogens is 236 g/mol. The lowest BCUT2D eigenvalue weighted by Crippen LogP contribution is -2.25. The molecule has 2 aliphatic rings. The minimum absolute atomic E-state index is 0.566. The molecule has 3 rings (SSSR count). The molecule has 4 heteroatoms. The zero-order valence-corrected chi connectivity index (χ0v) is 12.2. The van der Waals surface area contributed by atoms with Crippen molar-refractivity contribution >= 4 is 0 Å². The monoisotopic (exact) mass is 262 g/mol. The molecule has 0 aromatic carbocycles. The summed E-state index contributed by atoms with van der Waals surface area (Å²) in [5.74, 6) is 1.75. The number of rotatable bonds is 5. The molecule has 2 saturated heterocycles. The number of likely N-dealkylation sites (tertiary alicyclic amines) is 1. The van der Waals surface area contributed by atoms with Gasteiger partial charge in [-0.15, -0.1) is 0 Å². The number of hydrogen-bond acceptors (Lipinski definition) is 3. The molecule has 1 aromatic rings. The van der Waals surface area contributed by atoms with Gasteiger partial charge in [-0.3, -0.25) is 9.58 Å². The largest absolute Gasteiger partial charge is 0.316 e. The van der Waals surface area contributed by atoms with Gasteiger partial charge in [0, 0.05) is 25.8 Å². The molecule has 0 radical (unpaired) electrons. The van der Waals surface area contributed by atoms with E-state index in [9.17, 15) is 0 Å². The lowest BCUT2D eigenvalue weighted by molar-refractivity contribution is 0.299. The molecule has 106 valence electrons. The normalized spacial score (nSPS) is 27.3. The van der Waals surface area contributed by atoms with Crippen LogP contribution in [0.4, 0.5) is 0 Å². The second kappa shape index (κ2) is 5.63. The van der Waals surface area contributed by atoms with Crippen molar-refractivity contribution in [2.75, 3.05) is 26.2 Å². The predicted octanol–water partition coefficient (Wildman–Crippen LogP) is 1.90. The van der Waals surface area contributed by atoms with E-state index in [0.29, 0.717) is 6.04 Å². The molecule has 2 atom stereocenters. The first-order valence-corrected chi connectivity index (χ1v) is 7.77. The molecule has 3 heterocycles. The van der Waals surface area contributed by atoms with Crippen LogP contribution in [-0.2, 0) is 6.54 Å². The Hall–Kier alpha value is -0.870. The lowest BCUT2D eigenvalue weighted by atomic mass is 10.0. The van der Waals surface area contributed by atoms with Crippen molar-refractivity contribution in [2.45, 2.75) is 39.3 Å². The van der Waals surface area contributed by atoms with Gasteiger partial charge in [-0.25, -0.2) is 0 Å². The quantitative estimate of drug-likeness (QED) is 0.880. The summed E-state index contributed by atoms with van der Waals surface area (Å²) < 4.78 is 2.16. The minimum Gasteiger partial charge on any atom is -0.316 e. The third-order valence-corrected chi connectivity index (χ3v) is 4.83. The standard InChI is InChI=1S/C15H26N4/c1-3-15(4-2)19-6-5-14(17-19)11-18-9-12-7-16-8-13(12)10-18/h5-6,12-13,15-16H,3-4,7-11H2,1-2H3. The summed E-state index contributed by atoms with van der Waals surface area (Å²) in [5.41, 5.74) is 1.24. The Morgan fingerprint density at radius 2 is 1.95 bits per heavy atom. The highest BCUT2D eigenvalue weighted by Crippen LogP contribution is 2.27. The maximum atomic E-state index is 4.77. The van der Waals surface area contributed by atoms with Crippen molar-refractivity contribution in [2.24, 2.45) is 11.8 Å². The zero-order chi connectivity index (χ0) is 13.2. The molecular formula is C15H26N4. The summed E-state index contributed by atoms with van der Waals surface area (Å²) in [5, 5.41) is 8.27. The van der Waals surface area contributed by atoms with Gasteiger partial charge in [-0.2, -0.15) is 5.10 Å².